The Hall–Kier alpha value is -4.66. The molecule has 5 rings (SSSR count). The fourth-order valence-electron chi connectivity index (χ4n) is 4.41. The van der Waals surface area contributed by atoms with Crippen molar-refractivity contribution in [1.82, 2.24) is 9.97 Å². The molecule has 8 nitrogen and oxygen atoms in total. The molecule has 10 heteroatoms. The minimum Gasteiger partial charge on any atom is -0.497 e. The quantitative estimate of drug-likeness (QED) is 0.168. The van der Waals surface area contributed by atoms with Crippen LogP contribution in [-0.4, -0.2) is 42.2 Å². The molecule has 0 saturated heterocycles. The second-order valence-electron chi connectivity index (χ2n) is 9.47. The van der Waals surface area contributed by atoms with Crippen LogP contribution in [0.25, 0.3) is 33.5 Å². The van der Waals surface area contributed by atoms with Crippen LogP contribution >= 0.6 is 23.2 Å². The summed E-state index contributed by atoms with van der Waals surface area (Å²) in [5.74, 6) is 0.238. The SMILES string of the molecule is CCC(OC(=O)c1ccc2nc(-c3ccc(OC)cc3)c(-c3ccc(OC)cc3)nc2c1)C(=O)Nc1cccc(Cl)c1Cl. The lowest BCUT2D eigenvalue weighted by Gasteiger charge is -2.17. The van der Waals surface area contributed by atoms with Gasteiger partial charge in [0.1, 0.15) is 11.5 Å². The van der Waals surface area contributed by atoms with Crippen LogP contribution in [0.5, 0.6) is 11.5 Å². The van der Waals surface area contributed by atoms with Gasteiger partial charge in [-0.05, 0) is 85.3 Å². The van der Waals surface area contributed by atoms with Crippen molar-refractivity contribution in [2.45, 2.75) is 19.4 Å². The lowest BCUT2D eigenvalue weighted by Crippen LogP contribution is -2.32. The van der Waals surface area contributed by atoms with Gasteiger partial charge >= 0.3 is 5.97 Å². The van der Waals surface area contributed by atoms with Gasteiger partial charge in [0.2, 0.25) is 0 Å². The highest BCUT2D eigenvalue weighted by molar-refractivity contribution is 6.44. The maximum Gasteiger partial charge on any atom is 0.338 e. The fraction of sp³-hybridized carbons (Fsp3) is 0.152. The van der Waals surface area contributed by atoms with Gasteiger partial charge in [-0.15, -0.1) is 0 Å². The van der Waals surface area contributed by atoms with E-state index < -0.39 is 18.0 Å². The summed E-state index contributed by atoms with van der Waals surface area (Å²) in [5.41, 5.74) is 4.58. The molecule has 1 amide bonds. The van der Waals surface area contributed by atoms with Crippen LogP contribution in [0.2, 0.25) is 10.0 Å². The topological polar surface area (TPSA) is 99.6 Å². The number of halogens is 2. The molecule has 1 heterocycles. The molecular formula is C33H27Cl2N3O5. The van der Waals surface area contributed by atoms with Crippen LogP contribution in [0.4, 0.5) is 5.69 Å². The van der Waals surface area contributed by atoms with E-state index in [2.05, 4.69) is 5.32 Å². The van der Waals surface area contributed by atoms with E-state index in [4.69, 9.17) is 47.4 Å². The van der Waals surface area contributed by atoms with Crippen molar-refractivity contribution in [3.05, 3.63) is 101 Å². The Labute approximate surface area is 258 Å². The molecule has 0 aliphatic heterocycles. The van der Waals surface area contributed by atoms with Gasteiger partial charge in [0.15, 0.2) is 6.10 Å². The van der Waals surface area contributed by atoms with Gasteiger partial charge in [-0.25, -0.2) is 14.8 Å². The van der Waals surface area contributed by atoms with Crippen molar-refractivity contribution < 1.29 is 23.8 Å². The van der Waals surface area contributed by atoms with E-state index >= 15 is 0 Å². The molecule has 1 aromatic heterocycles. The Morgan fingerprint density at radius 1 is 0.791 bits per heavy atom. The monoisotopic (exact) mass is 615 g/mol. The number of esters is 1. The zero-order chi connectivity index (χ0) is 30.5. The number of aromatic nitrogens is 2. The second kappa shape index (κ2) is 13.1. The van der Waals surface area contributed by atoms with Gasteiger partial charge in [0, 0.05) is 11.1 Å². The summed E-state index contributed by atoms with van der Waals surface area (Å²) >= 11 is 12.3. The van der Waals surface area contributed by atoms with Crippen molar-refractivity contribution >= 4 is 51.8 Å². The Kier molecular flexibility index (Phi) is 9.09. The number of benzene rings is 4. The second-order valence-corrected chi connectivity index (χ2v) is 10.3. The highest BCUT2D eigenvalue weighted by Crippen LogP contribution is 2.33. The number of amides is 1. The van der Waals surface area contributed by atoms with Crippen LogP contribution in [-0.2, 0) is 9.53 Å². The van der Waals surface area contributed by atoms with Crippen LogP contribution in [0.3, 0.4) is 0 Å². The first kappa shape index (κ1) is 29.8. The summed E-state index contributed by atoms with van der Waals surface area (Å²) in [6.45, 7) is 1.74. The third-order valence-electron chi connectivity index (χ3n) is 6.75. The highest BCUT2D eigenvalue weighted by atomic mass is 35.5. The summed E-state index contributed by atoms with van der Waals surface area (Å²) in [6.07, 6.45) is -0.813. The molecule has 1 atom stereocenters. The van der Waals surface area contributed by atoms with E-state index in [1.54, 1.807) is 57.5 Å². The first-order valence-electron chi connectivity index (χ1n) is 13.4. The van der Waals surface area contributed by atoms with E-state index in [1.165, 1.54) is 0 Å². The third-order valence-corrected chi connectivity index (χ3v) is 7.57. The third kappa shape index (κ3) is 6.56. The Morgan fingerprint density at radius 2 is 1.37 bits per heavy atom. The van der Waals surface area contributed by atoms with Crippen molar-refractivity contribution in [3.8, 4) is 34.0 Å². The van der Waals surface area contributed by atoms with Gasteiger partial charge < -0.3 is 19.5 Å². The highest BCUT2D eigenvalue weighted by Gasteiger charge is 2.24. The Bertz CT molecular complexity index is 1790. The van der Waals surface area contributed by atoms with Gasteiger partial charge in [0.25, 0.3) is 5.91 Å². The molecule has 4 aromatic carbocycles. The summed E-state index contributed by atoms with van der Waals surface area (Å²) < 4.78 is 16.2. The van der Waals surface area contributed by atoms with E-state index in [1.807, 2.05) is 48.5 Å². The largest absolute Gasteiger partial charge is 0.497 e. The number of fused-ring (bicyclic) bond motifs is 1. The normalized spacial score (nSPS) is 11.6. The van der Waals surface area contributed by atoms with Gasteiger partial charge in [-0.2, -0.15) is 0 Å². The molecule has 43 heavy (non-hydrogen) atoms. The minimum absolute atomic E-state index is 0.202. The zero-order valence-corrected chi connectivity index (χ0v) is 25.1. The lowest BCUT2D eigenvalue weighted by molar-refractivity contribution is -0.124. The molecule has 5 aromatic rings. The number of ether oxygens (including phenoxy) is 3. The summed E-state index contributed by atoms with van der Waals surface area (Å²) in [4.78, 5) is 35.9. The number of hydrogen-bond donors (Lipinski definition) is 1. The predicted molar refractivity (Wildman–Crippen MR) is 168 cm³/mol. The number of methoxy groups -OCH3 is 2. The average Bonchev–Trinajstić information content (AvgIpc) is 3.04. The Morgan fingerprint density at radius 3 is 1.93 bits per heavy atom. The molecule has 1 unspecified atom stereocenters. The number of carbonyl (C=O) groups is 2. The molecule has 0 saturated carbocycles. The van der Waals surface area contributed by atoms with Crippen molar-refractivity contribution in [1.29, 1.82) is 0 Å². The molecule has 218 valence electrons. The first-order valence-corrected chi connectivity index (χ1v) is 14.1. The first-order chi connectivity index (χ1) is 20.8. The molecule has 0 aliphatic rings. The average molecular weight is 617 g/mol. The number of rotatable bonds is 9. The minimum atomic E-state index is -1.06. The smallest absolute Gasteiger partial charge is 0.338 e. The van der Waals surface area contributed by atoms with E-state index in [0.717, 1.165) is 16.9 Å². The molecule has 0 fully saturated rings. The van der Waals surface area contributed by atoms with Crippen LogP contribution in [0.15, 0.2) is 84.9 Å². The number of anilines is 1. The molecule has 0 spiro atoms. The standard InChI is InChI=1S/C33H27Cl2N3O5/c1-4-28(32(39)38-26-7-5-6-24(34)29(26)35)43-33(40)21-12-17-25-27(18-21)37-31(20-10-15-23(42-3)16-11-20)30(36-25)19-8-13-22(41-2)14-9-19/h5-18,28H,4H2,1-3H3,(H,38,39). The van der Waals surface area contributed by atoms with Gasteiger partial charge in [-0.3, -0.25) is 4.79 Å². The number of nitrogens with one attached hydrogen (secondary N) is 1. The molecular weight excluding hydrogens is 589 g/mol. The maximum atomic E-state index is 13.2. The van der Waals surface area contributed by atoms with Crippen molar-refractivity contribution in [2.24, 2.45) is 0 Å². The zero-order valence-electron chi connectivity index (χ0n) is 23.6. The maximum absolute atomic E-state index is 13.2. The van der Waals surface area contributed by atoms with Crippen LogP contribution < -0.4 is 14.8 Å². The summed E-state index contributed by atoms with van der Waals surface area (Å²) in [5, 5.41) is 3.18. The van der Waals surface area contributed by atoms with Crippen LogP contribution in [0.1, 0.15) is 23.7 Å². The van der Waals surface area contributed by atoms with E-state index in [-0.39, 0.29) is 17.0 Å². The molecule has 0 aliphatic carbocycles. The Balaban J connectivity index is 1.47. The van der Waals surface area contributed by atoms with Crippen molar-refractivity contribution in [2.75, 3.05) is 19.5 Å². The predicted octanol–water partition coefficient (Wildman–Crippen LogP) is 7.86. The van der Waals surface area contributed by atoms with E-state index in [9.17, 15) is 9.59 Å². The van der Waals surface area contributed by atoms with Gasteiger partial charge in [-0.1, -0.05) is 36.2 Å². The van der Waals surface area contributed by atoms with Crippen molar-refractivity contribution in [3.63, 3.8) is 0 Å². The van der Waals surface area contributed by atoms with Crippen LogP contribution in [0, 0.1) is 0 Å². The lowest BCUT2D eigenvalue weighted by atomic mass is 10.0. The summed E-state index contributed by atoms with van der Waals surface area (Å²) in [6, 6.07) is 24.8. The molecule has 0 radical (unpaired) electrons. The number of hydrogen-bond acceptors (Lipinski definition) is 7. The van der Waals surface area contributed by atoms with E-state index in [0.29, 0.717) is 38.9 Å². The molecule has 0 bridgehead atoms. The molecule has 1 N–H and O–H groups in total. The number of nitrogens with zero attached hydrogens (tertiary/aromatic N) is 2. The fourth-order valence-corrected chi connectivity index (χ4v) is 4.76. The van der Waals surface area contributed by atoms with Gasteiger partial charge in [0.05, 0.1) is 57.9 Å². The number of carbonyl (C=O) groups excluding carboxylic acids is 2. The summed E-state index contributed by atoms with van der Waals surface area (Å²) in [7, 11) is 3.22.